The molecular formula is C20H19F3N2O4. The number of carbonyl (C=O) groups excluding carboxylic acids is 3. The average Bonchev–Trinajstić information content (AvgIpc) is 2.62. The molecule has 0 aliphatic heterocycles. The highest BCUT2D eigenvalue weighted by atomic mass is 19.4. The van der Waals surface area contributed by atoms with Gasteiger partial charge in [-0.1, -0.05) is 18.2 Å². The second kappa shape index (κ2) is 9.22. The van der Waals surface area contributed by atoms with Crippen LogP contribution in [0.2, 0.25) is 0 Å². The molecule has 2 amide bonds. The van der Waals surface area contributed by atoms with E-state index in [1.165, 1.54) is 26.0 Å². The summed E-state index contributed by atoms with van der Waals surface area (Å²) in [5.41, 5.74) is 0.224. The van der Waals surface area contributed by atoms with Crippen LogP contribution >= 0.6 is 0 Å². The van der Waals surface area contributed by atoms with Gasteiger partial charge in [-0.05, 0) is 42.8 Å². The van der Waals surface area contributed by atoms with Crippen LogP contribution in [-0.4, -0.2) is 23.9 Å². The first-order chi connectivity index (χ1) is 13.5. The van der Waals surface area contributed by atoms with Crippen LogP contribution in [0.25, 0.3) is 0 Å². The summed E-state index contributed by atoms with van der Waals surface area (Å²) < 4.78 is 43.2. The monoisotopic (exact) mass is 408 g/mol. The van der Waals surface area contributed by atoms with Gasteiger partial charge in [-0.15, -0.1) is 0 Å². The molecular weight excluding hydrogens is 389 g/mol. The lowest BCUT2D eigenvalue weighted by molar-refractivity contribution is -0.152. The quantitative estimate of drug-likeness (QED) is 0.713. The Balaban J connectivity index is 1.90. The molecule has 29 heavy (non-hydrogen) atoms. The van der Waals surface area contributed by atoms with E-state index in [4.69, 9.17) is 4.74 Å². The van der Waals surface area contributed by atoms with Crippen LogP contribution < -0.4 is 10.6 Å². The van der Waals surface area contributed by atoms with E-state index < -0.39 is 29.7 Å². The molecule has 1 atom stereocenters. The first-order valence-electron chi connectivity index (χ1n) is 8.59. The summed E-state index contributed by atoms with van der Waals surface area (Å²) in [4.78, 5) is 35.1. The van der Waals surface area contributed by atoms with Gasteiger partial charge in [0, 0.05) is 18.3 Å². The molecule has 2 N–H and O–H groups in total. The number of carbonyl (C=O) groups is 3. The van der Waals surface area contributed by atoms with Crippen LogP contribution in [0.4, 0.5) is 24.5 Å². The minimum absolute atomic E-state index is 0.0544. The number of halogens is 3. The predicted molar refractivity (Wildman–Crippen MR) is 100 cm³/mol. The zero-order chi connectivity index (χ0) is 21.6. The van der Waals surface area contributed by atoms with Crippen molar-refractivity contribution in [2.75, 3.05) is 10.6 Å². The standard InChI is InChI=1S/C20H19F3N2O4/c1-12(19(28)25-17-5-3-4-15(11-17)20(21,22)23)29-18(27)10-14-6-8-16(9-7-14)24-13(2)26/h3-9,11-12H,10H2,1-2H3,(H,24,26)(H,25,28)/t12-/m0/s1. The molecule has 0 aliphatic rings. The number of nitrogens with one attached hydrogen (secondary N) is 2. The number of rotatable bonds is 6. The number of amides is 2. The Bertz CT molecular complexity index is 895. The van der Waals surface area contributed by atoms with E-state index in [2.05, 4.69) is 10.6 Å². The lowest BCUT2D eigenvalue weighted by Gasteiger charge is -2.15. The second-order valence-corrected chi connectivity index (χ2v) is 6.25. The Morgan fingerprint density at radius 2 is 1.66 bits per heavy atom. The Hall–Kier alpha value is -3.36. The van der Waals surface area contributed by atoms with Gasteiger partial charge in [0.05, 0.1) is 12.0 Å². The highest BCUT2D eigenvalue weighted by Crippen LogP contribution is 2.30. The molecule has 2 aromatic rings. The van der Waals surface area contributed by atoms with Gasteiger partial charge in [-0.3, -0.25) is 14.4 Å². The topological polar surface area (TPSA) is 84.5 Å². The number of hydrogen-bond acceptors (Lipinski definition) is 4. The van der Waals surface area contributed by atoms with Crippen LogP contribution in [0.15, 0.2) is 48.5 Å². The molecule has 6 nitrogen and oxygen atoms in total. The summed E-state index contributed by atoms with van der Waals surface area (Å²) in [6, 6.07) is 10.6. The Morgan fingerprint density at radius 3 is 2.24 bits per heavy atom. The molecule has 2 aromatic carbocycles. The lowest BCUT2D eigenvalue weighted by Crippen LogP contribution is -2.30. The van der Waals surface area contributed by atoms with E-state index in [9.17, 15) is 27.6 Å². The molecule has 0 aliphatic carbocycles. The van der Waals surface area contributed by atoms with Gasteiger partial charge in [0.25, 0.3) is 5.91 Å². The fraction of sp³-hybridized carbons (Fsp3) is 0.250. The minimum atomic E-state index is -4.53. The number of alkyl halides is 3. The number of benzene rings is 2. The summed E-state index contributed by atoms with van der Waals surface area (Å²) in [7, 11) is 0. The third kappa shape index (κ3) is 6.95. The molecule has 0 unspecified atom stereocenters. The molecule has 0 spiro atoms. The zero-order valence-electron chi connectivity index (χ0n) is 15.7. The summed E-state index contributed by atoms with van der Waals surface area (Å²) in [5.74, 6) is -1.65. The zero-order valence-corrected chi connectivity index (χ0v) is 15.7. The SMILES string of the molecule is CC(=O)Nc1ccc(CC(=O)O[C@@H](C)C(=O)Nc2cccc(C(F)(F)F)c2)cc1. The van der Waals surface area contributed by atoms with Gasteiger partial charge in [0.2, 0.25) is 5.91 Å². The van der Waals surface area contributed by atoms with Gasteiger partial charge in [0.15, 0.2) is 6.10 Å². The van der Waals surface area contributed by atoms with Crippen molar-refractivity contribution in [2.24, 2.45) is 0 Å². The molecule has 0 fully saturated rings. The normalized spacial score (nSPS) is 12.0. The Morgan fingerprint density at radius 1 is 1.00 bits per heavy atom. The molecule has 0 radical (unpaired) electrons. The molecule has 9 heteroatoms. The van der Waals surface area contributed by atoms with Crippen LogP contribution in [-0.2, 0) is 31.7 Å². The van der Waals surface area contributed by atoms with E-state index in [0.717, 1.165) is 12.1 Å². The first-order valence-corrected chi connectivity index (χ1v) is 8.59. The van der Waals surface area contributed by atoms with Crippen LogP contribution in [0.1, 0.15) is 25.0 Å². The van der Waals surface area contributed by atoms with E-state index in [0.29, 0.717) is 11.3 Å². The Kier molecular flexibility index (Phi) is 6.98. The third-order valence-electron chi connectivity index (χ3n) is 3.76. The van der Waals surface area contributed by atoms with Crippen LogP contribution in [0.3, 0.4) is 0 Å². The number of hydrogen-bond donors (Lipinski definition) is 2. The largest absolute Gasteiger partial charge is 0.452 e. The molecule has 0 bridgehead atoms. The van der Waals surface area contributed by atoms with Crippen molar-refractivity contribution < 1.29 is 32.3 Å². The Labute approximate surface area is 165 Å². The fourth-order valence-electron chi connectivity index (χ4n) is 2.39. The average molecular weight is 408 g/mol. The minimum Gasteiger partial charge on any atom is -0.452 e. The van der Waals surface area contributed by atoms with E-state index in [1.54, 1.807) is 24.3 Å². The maximum Gasteiger partial charge on any atom is 0.416 e. The molecule has 154 valence electrons. The highest BCUT2D eigenvalue weighted by Gasteiger charge is 2.30. The molecule has 0 saturated heterocycles. The van der Waals surface area contributed by atoms with Crippen molar-refractivity contribution in [3.05, 3.63) is 59.7 Å². The van der Waals surface area contributed by atoms with Crippen molar-refractivity contribution >= 4 is 29.2 Å². The molecule has 0 saturated carbocycles. The van der Waals surface area contributed by atoms with Crippen molar-refractivity contribution in [3.63, 3.8) is 0 Å². The van der Waals surface area contributed by atoms with Gasteiger partial charge in [-0.25, -0.2) is 0 Å². The fourth-order valence-corrected chi connectivity index (χ4v) is 2.39. The van der Waals surface area contributed by atoms with Crippen molar-refractivity contribution in [3.8, 4) is 0 Å². The molecule has 0 heterocycles. The van der Waals surface area contributed by atoms with Gasteiger partial charge >= 0.3 is 12.1 Å². The van der Waals surface area contributed by atoms with Crippen molar-refractivity contribution in [1.29, 1.82) is 0 Å². The molecule has 2 rings (SSSR count). The summed E-state index contributed by atoms with van der Waals surface area (Å²) in [5, 5.41) is 4.88. The lowest BCUT2D eigenvalue weighted by atomic mass is 10.1. The van der Waals surface area contributed by atoms with Crippen LogP contribution in [0.5, 0.6) is 0 Å². The van der Waals surface area contributed by atoms with Crippen molar-refractivity contribution in [2.45, 2.75) is 32.5 Å². The van der Waals surface area contributed by atoms with Crippen molar-refractivity contribution in [1.82, 2.24) is 0 Å². The smallest absolute Gasteiger partial charge is 0.416 e. The van der Waals surface area contributed by atoms with E-state index in [-0.39, 0.29) is 18.0 Å². The third-order valence-corrected chi connectivity index (χ3v) is 3.76. The van der Waals surface area contributed by atoms with Gasteiger partial charge in [0.1, 0.15) is 0 Å². The predicted octanol–water partition coefficient (Wildman–Crippen LogP) is 3.78. The maximum atomic E-state index is 12.7. The number of esters is 1. The number of ether oxygens (including phenoxy) is 1. The number of anilines is 2. The summed E-state index contributed by atoms with van der Waals surface area (Å²) in [6.07, 6.45) is -5.84. The summed E-state index contributed by atoms with van der Waals surface area (Å²) >= 11 is 0. The molecule has 0 aromatic heterocycles. The van der Waals surface area contributed by atoms with E-state index in [1.807, 2.05) is 0 Å². The summed E-state index contributed by atoms with van der Waals surface area (Å²) in [6.45, 7) is 2.69. The van der Waals surface area contributed by atoms with Gasteiger partial charge in [-0.2, -0.15) is 13.2 Å². The highest BCUT2D eigenvalue weighted by molar-refractivity contribution is 5.95. The van der Waals surface area contributed by atoms with Crippen LogP contribution in [0, 0.1) is 0 Å². The first kappa shape index (κ1) is 21.9. The maximum absolute atomic E-state index is 12.7. The second-order valence-electron chi connectivity index (χ2n) is 6.25. The van der Waals surface area contributed by atoms with Gasteiger partial charge < -0.3 is 15.4 Å². The van der Waals surface area contributed by atoms with E-state index >= 15 is 0 Å².